The molecule has 11 heteroatoms. The molecule has 0 radical (unpaired) electrons. The summed E-state index contributed by atoms with van der Waals surface area (Å²) < 4.78 is 60.9. The highest BCUT2D eigenvalue weighted by Crippen LogP contribution is 2.68. The summed E-state index contributed by atoms with van der Waals surface area (Å²) in [6.45, 7) is 2.33. The number of ether oxygens (including phenoxy) is 3. The van der Waals surface area contributed by atoms with Crippen LogP contribution < -0.4 is 5.32 Å². The Bertz CT molecular complexity index is 1630. The molecule has 240 valence electrons. The van der Waals surface area contributed by atoms with Gasteiger partial charge >= 0.3 is 24.0 Å². The summed E-state index contributed by atoms with van der Waals surface area (Å²) in [5.41, 5.74) is 0.247. The zero-order valence-electron chi connectivity index (χ0n) is 25.6. The van der Waals surface area contributed by atoms with Crippen LogP contribution in [0.3, 0.4) is 0 Å². The quantitative estimate of drug-likeness (QED) is 0.350. The second-order valence-electron chi connectivity index (χ2n) is 13.7. The van der Waals surface area contributed by atoms with Crippen molar-refractivity contribution in [2.75, 3.05) is 0 Å². The van der Waals surface area contributed by atoms with Crippen LogP contribution >= 0.6 is 0 Å². The molecule has 3 fully saturated rings. The van der Waals surface area contributed by atoms with Gasteiger partial charge in [0.25, 0.3) is 0 Å². The first-order chi connectivity index (χ1) is 21.9. The summed E-state index contributed by atoms with van der Waals surface area (Å²) >= 11 is 1.06. The Labute approximate surface area is 273 Å². The molecule has 1 amide bonds. The summed E-state index contributed by atoms with van der Waals surface area (Å²) in [7, 11) is 0. The number of hydrogen-bond donors (Lipinski definition) is 1. The van der Waals surface area contributed by atoms with E-state index in [0.29, 0.717) is 23.2 Å². The van der Waals surface area contributed by atoms with Gasteiger partial charge in [0.2, 0.25) is 16.3 Å². The van der Waals surface area contributed by atoms with Crippen molar-refractivity contribution in [3.8, 4) is 0 Å². The smallest absolute Gasteiger partial charge is 0.452 e. The molecule has 2 aromatic carbocycles. The third-order valence-corrected chi connectivity index (χ3v) is 13.3. The van der Waals surface area contributed by atoms with Crippen molar-refractivity contribution in [3.05, 3.63) is 95.1 Å². The van der Waals surface area contributed by atoms with Crippen LogP contribution in [0.15, 0.2) is 84.0 Å². The van der Waals surface area contributed by atoms with Gasteiger partial charge in [-0.3, -0.25) is 4.79 Å². The molecule has 2 saturated carbocycles. The fraction of sp³-hybridized carbons (Fsp3) is 0.457. The van der Waals surface area contributed by atoms with Crippen molar-refractivity contribution in [1.82, 2.24) is 5.32 Å². The number of hydrogen-bond acceptors (Lipinski definition) is 6. The van der Waals surface area contributed by atoms with Gasteiger partial charge in [-0.1, -0.05) is 66.7 Å². The minimum atomic E-state index is -5.19. The van der Waals surface area contributed by atoms with E-state index in [1.165, 1.54) is 12.1 Å². The van der Waals surface area contributed by atoms with Crippen LogP contribution in [0.5, 0.6) is 0 Å². The number of amides is 1. The molecule has 8 atom stereocenters. The molecule has 5 aliphatic rings. The largest absolute Gasteiger partial charge is 0.471 e. The fourth-order valence-corrected chi connectivity index (χ4v) is 9.82. The van der Waals surface area contributed by atoms with E-state index < -0.39 is 53.5 Å². The number of fused-ring (bicyclic) bond motifs is 1. The first kappa shape index (κ1) is 31.2. The maximum Gasteiger partial charge on any atom is 0.471 e. The van der Waals surface area contributed by atoms with Crippen molar-refractivity contribution in [2.24, 2.45) is 11.3 Å². The van der Waals surface area contributed by atoms with Crippen molar-refractivity contribution >= 4 is 34.1 Å². The zero-order valence-corrected chi connectivity index (χ0v) is 27.6. The molecule has 2 bridgehead atoms. The van der Waals surface area contributed by atoms with Crippen LogP contribution in [0.25, 0.3) is 0 Å². The number of carbonyl (C=O) groups excluding carboxylic acids is 3. The average Bonchev–Trinajstić information content (AvgIpc) is 3.52. The third kappa shape index (κ3) is 4.94. The molecule has 2 spiro atoms. The fourth-order valence-electron chi connectivity index (χ4n) is 8.85. The van der Waals surface area contributed by atoms with Crippen LogP contribution in [0.2, 0.25) is 4.78 Å². The predicted molar refractivity (Wildman–Crippen MR) is 164 cm³/mol. The topological polar surface area (TPSA) is 90.9 Å². The Balaban J connectivity index is 1.35. The number of allylic oxidation sites excluding steroid dienone is 1. The monoisotopic (exact) mass is 649 g/mol. The van der Waals surface area contributed by atoms with Crippen molar-refractivity contribution in [3.63, 3.8) is 0 Å². The lowest BCUT2D eigenvalue weighted by Crippen LogP contribution is -2.65. The molecule has 46 heavy (non-hydrogen) atoms. The molecule has 7 nitrogen and oxygen atoms in total. The van der Waals surface area contributed by atoms with Gasteiger partial charge in [0.15, 0.2) is 12.2 Å². The Kier molecular flexibility index (Phi) is 7.54. The standard InChI is InChI=1S/C35H33F3NO6.Al.2H/c1-32-15-8-13-26(32)34-18-17-33(45-34)20-25(39-31(42)35(36,37)38)28(44-30(41)22-11-6-3-7-12-22)27(24(33)19-23(34)14-16-32)43-29(40)21-9-4-2-5-10-21;;;/h2-7,9-12,14-15,19,25-28H,8,13,16-18,20H2,1H3,(H,39,42);;;/t25-,26+,27+,28+,32-,33+,34+;;;/m0.../s1. The first-order valence-electron chi connectivity index (χ1n) is 15.9. The number of benzene rings is 2. The van der Waals surface area contributed by atoms with E-state index in [-0.39, 0.29) is 28.9 Å². The lowest BCUT2D eigenvalue weighted by atomic mass is 9.61. The first-order valence-corrected chi connectivity index (χ1v) is 17.0. The highest BCUT2D eigenvalue weighted by Gasteiger charge is 2.69. The molecule has 7 rings (SSSR count). The molecule has 1 N–H and O–H groups in total. The van der Waals surface area contributed by atoms with E-state index >= 15 is 0 Å². The summed E-state index contributed by atoms with van der Waals surface area (Å²) in [6, 6.07) is 14.9. The molecule has 0 unspecified atom stereocenters. The molecular weight excluding hydrogens is 614 g/mol. The minimum absolute atomic E-state index is 0.0675. The van der Waals surface area contributed by atoms with E-state index in [1.807, 2.05) is 6.08 Å². The van der Waals surface area contributed by atoms with E-state index in [2.05, 4.69) is 18.3 Å². The zero-order chi connectivity index (χ0) is 32.5. The SMILES string of the molecule is C[C@]12CC=C3C=C4[C@@H](OC(=O)c5ccccc5)[C@H](OC(=O)c5ccccc5)[C@@H](NC(=O)C(F)(F)F)C[C@]45CC[C@]3(O5)[C@@H]1CC[C@@H]2[AlH2]. The van der Waals surface area contributed by atoms with Crippen LogP contribution in [-0.4, -0.2) is 69.8 Å². The molecule has 2 heterocycles. The summed E-state index contributed by atoms with van der Waals surface area (Å²) in [4.78, 5) is 39.5. The average molecular weight is 650 g/mol. The van der Waals surface area contributed by atoms with Crippen molar-refractivity contribution < 1.29 is 41.8 Å². The Morgan fingerprint density at radius 2 is 1.57 bits per heavy atom. The highest BCUT2D eigenvalue weighted by molar-refractivity contribution is 6.12. The van der Waals surface area contributed by atoms with Gasteiger partial charge in [-0.25, -0.2) is 9.59 Å². The third-order valence-electron chi connectivity index (χ3n) is 11.4. The lowest BCUT2D eigenvalue weighted by Gasteiger charge is -2.56. The van der Waals surface area contributed by atoms with E-state index in [1.54, 1.807) is 48.5 Å². The normalized spacial score (nSPS) is 35.9. The van der Waals surface area contributed by atoms with E-state index in [0.717, 1.165) is 41.1 Å². The summed E-state index contributed by atoms with van der Waals surface area (Å²) in [6.07, 6.45) is 0.267. The van der Waals surface area contributed by atoms with Gasteiger partial charge in [-0.05, 0) is 66.9 Å². The Morgan fingerprint density at radius 3 is 2.20 bits per heavy atom. The lowest BCUT2D eigenvalue weighted by molar-refractivity contribution is -0.181. The van der Waals surface area contributed by atoms with Gasteiger partial charge < -0.3 is 19.5 Å². The number of nitrogens with one attached hydrogen (secondary N) is 1. The molecule has 3 aliphatic carbocycles. The molecule has 0 aromatic heterocycles. The van der Waals surface area contributed by atoms with Gasteiger partial charge in [-0.2, -0.15) is 13.2 Å². The molecule has 2 aromatic rings. The van der Waals surface area contributed by atoms with Crippen LogP contribution in [0.4, 0.5) is 13.2 Å². The second kappa shape index (κ2) is 11.1. The number of esters is 2. The Hall–Kier alpha value is -3.39. The van der Waals surface area contributed by atoms with Crippen LogP contribution in [0.1, 0.15) is 66.2 Å². The highest BCUT2D eigenvalue weighted by atomic mass is 27.0. The minimum Gasteiger partial charge on any atom is -0.452 e. The number of alkyl halides is 3. The number of rotatable bonds is 5. The van der Waals surface area contributed by atoms with Gasteiger partial charge in [0, 0.05) is 12.0 Å². The Morgan fingerprint density at radius 1 is 0.935 bits per heavy atom. The van der Waals surface area contributed by atoms with Crippen molar-refractivity contribution in [2.45, 2.75) is 85.9 Å². The van der Waals surface area contributed by atoms with Crippen LogP contribution in [-0.2, 0) is 19.0 Å². The molecule has 1 saturated heterocycles. The molecular formula is C35H35AlF3NO6. The van der Waals surface area contributed by atoms with E-state index in [4.69, 9.17) is 14.2 Å². The number of carbonyl (C=O) groups is 3. The van der Waals surface area contributed by atoms with Crippen molar-refractivity contribution in [1.29, 1.82) is 0 Å². The second-order valence-corrected chi connectivity index (χ2v) is 15.1. The van der Waals surface area contributed by atoms with E-state index in [9.17, 15) is 27.6 Å². The molecule has 2 aliphatic heterocycles. The summed E-state index contributed by atoms with van der Waals surface area (Å²) in [5, 5.41) is 2.10. The van der Waals surface area contributed by atoms with Gasteiger partial charge in [0.05, 0.1) is 28.4 Å². The maximum atomic E-state index is 13.7. The summed E-state index contributed by atoms with van der Waals surface area (Å²) in [5.74, 6) is -3.48. The predicted octanol–water partition coefficient (Wildman–Crippen LogP) is 5.28. The van der Waals surface area contributed by atoms with Gasteiger partial charge in [0.1, 0.15) is 0 Å². The maximum absolute atomic E-state index is 13.7. The van der Waals surface area contributed by atoms with Gasteiger partial charge in [-0.15, -0.1) is 0 Å². The van der Waals surface area contributed by atoms with Crippen LogP contribution in [0, 0.1) is 11.3 Å². The number of halogens is 3.